The van der Waals surface area contributed by atoms with Gasteiger partial charge in [-0.05, 0) is 36.6 Å². The lowest BCUT2D eigenvalue weighted by atomic mass is 10.1. The van der Waals surface area contributed by atoms with E-state index in [4.69, 9.17) is 14.6 Å². The third kappa shape index (κ3) is 3.19. The molecular weight excluding hydrogens is 264 g/mol. The van der Waals surface area contributed by atoms with Crippen molar-refractivity contribution in [2.24, 2.45) is 0 Å². The second kappa shape index (κ2) is 6.19. The standard InChI is InChI=1S/C18H20O3/c1-13-6-7-18-15(10-13)11-16(21-18)12-20-17-5-3-2-4-14(17)8-9-19/h2-7,10,16,19H,8-9,11-12H2,1H3. The zero-order chi connectivity index (χ0) is 14.7. The average Bonchev–Trinajstić information content (AvgIpc) is 2.88. The van der Waals surface area contributed by atoms with Crippen LogP contribution < -0.4 is 9.47 Å². The molecule has 0 amide bonds. The molecule has 3 heteroatoms. The first-order valence-electron chi connectivity index (χ1n) is 7.34. The van der Waals surface area contributed by atoms with E-state index < -0.39 is 0 Å². The van der Waals surface area contributed by atoms with E-state index in [1.165, 1.54) is 11.1 Å². The van der Waals surface area contributed by atoms with Crippen LogP contribution in [0, 0.1) is 6.92 Å². The van der Waals surface area contributed by atoms with Crippen molar-refractivity contribution in [1.29, 1.82) is 0 Å². The van der Waals surface area contributed by atoms with Crippen LogP contribution in [0.1, 0.15) is 16.7 Å². The van der Waals surface area contributed by atoms with Gasteiger partial charge in [-0.3, -0.25) is 0 Å². The lowest BCUT2D eigenvalue weighted by Gasteiger charge is -2.14. The predicted octanol–water partition coefficient (Wildman–Crippen LogP) is 2.91. The van der Waals surface area contributed by atoms with Crippen molar-refractivity contribution in [3.8, 4) is 11.5 Å². The molecule has 0 fully saturated rings. The Hall–Kier alpha value is -2.00. The smallest absolute Gasteiger partial charge is 0.137 e. The predicted molar refractivity (Wildman–Crippen MR) is 82.0 cm³/mol. The molecule has 0 spiro atoms. The van der Waals surface area contributed by atoms with Crippen LogP contribution in [-0.2, 0) is 12.8 Å². The van der Waals surface area contributed by atoms with Gasteiger partial charge in [0.1, 0.15) is 24.2 Å². The minimum Gasteiger partial charge on any atom is -0.489 e. The second-order valence-electron chi connectivity index (χ2n) is 5.45. The number of para-hydroxylation sites is 1. The maximum atomic E-state index is 9.09. The molecule has 1 unspecified atom stereocenters. The number of ether oxygens (including phenoxy) is 2. The molecule has 3 rings (SSSR count). The van der Waals surface area contributed by atoms with Gasteiger partial charge in [-0.25, -0.2) is 0 Å². The van der Waals surface area contributed by atoms with Crippen LogP contribution in [0.15, 0.2) is 42.5 Å². The van der Waals surface area contributed by atoms with Gasteiger partial charge >= 0.3 is 0 Å². The highest BCUT2D eigenvalue weighted by Gasteiger charge is 2.23. The molecule has 0 bridgehead atoms. The minimum absolute atomic E-state index is 0.0592. The molecule has 2 aromatic carbocycles. The summed E-state index contributed by atoms with van der Waals surface area (Å²) in [6, 6.07) is 14.1. The van der Waals surface area contributed by atoms with E-state index in [1.54, 1.807) is 0 Å². The summed E-state index contributed by atoms with van der Waals surface area (Å²) in [5.41, 5.74) is 3.55. The van der Waals surface area contributed by atoms with Crippen molar-refractivity contribution in [2.45, 2.75) is 25.9 Å². The minimum atomic E-state index is 0.0592. The van der Waals surface area contributed by atoms with E-state index in [9.17, 15) is 0 Å². The molecule has 0 aliphatic carbocycles. The molecule has 1 N–H and O–H groups in total. The van der Waals surface area contributed by atoms with Gasteiger partial charge in [-0.2, -0.15) is 0 Å². The fraction of sp³-hybridized carbons (Fsp3) is 0.333. The van der Waals surface area contributed by atoms with Crippen molar-refractivity contribution in [1.82, 2.24) is 0 Å². The Morgan fingerprint density at radius 3 is 2.95 bits per heavy atom. The molecule has 0 saturated carbocycles. The first-order chi connectivity index (χ1) is 10.3. The Bertz CT molecular complexity index is 622. The maximum Gasteiger partial charge on any atom is 0.137 e. The summed E-state index contributed by atoms with van der Waals surface area (Å²) in [7, 11) is 0. The number of benzene rings is 2. The van der Waals surface area contributed by atoms with Crippen molar-refractivity contribution in [3.63, 3.8) is 0 Å². The maximum absolute atomic E-state index is 9.09. The van der Waals surface area contributed by atoms with E-state index >= 15 is 0 Å². The highest BCUT2D eigenvalue weighted by atomic mass is 16.5. The summed E-state index contributed by atoms with van der Waals surface area (Å²) >= 11 is 0. The van der Waals surface area contributed by atoms with Gasteiger partial charge in [-0.1, -0.05) is 35.9 Å². The molecule has 0 aromatic heterocycles. The first kappa shape index (κ1) is 14.0. The van der Waals surface area contributed by atoms with Crippen LogP contribution in [0.3, 0.4) is 0 Å². The lowest BCUT2D eigenvalue weighted by Crippen LogP contribution is -2.22. The zero-order valence-corrected chi connectivity index (χ0v) is 12.2. The summed E-state index contributed by atoms with van der Waals surface area (Å²) in [5, 5.41) is 9.09. The summed E-state index contributed by atoms with van der Waals surface area (Å²) in [4.78, 5) is 0. The largest absolute Gasteiger partial charge is 0.489 e. The van der Waals surface area contributed by atoms with Gasteiger partial charge in [0.05, 0.1) is 0 Å². The number of rotatable bonds is 5. The fourth-order valence-electron chi connectivity index (χ4n) is 2.70. The normalized spacial score (nSPS) is 16.4. The number of aryl methyl sites for hydroxylation is 1. The molecule has 1 heterocycles. The third-order valence-electron chi connectivity index (χ3n) is 3.74. The number of aliphatic hydroxyl groups is 1. The van der Waals surface area contributed by atoms with E-state index in [2.05, 4.69) is 19.1 Å². The average molecular weight is 284 g/mol. The summed E-state index contributed by atoms with van der Waals surface area (Å²) in [5.74, 6) is 1.81. The molecular formula is C18H20O3. The van der Waals surface area contributed by atoms with Crippen molar-refractivity contribution < 1.29 is 14.6 Å². The van der Waals surface area contributed by atoms with E-state index in [0.717, 1.165) is 23.5 Å². The molecule has 21 heavy (non-hydrogen) atoms. The SMILES string of the molecule is Cc1ccc2c(c1)CC(COc1ccccc1CCO)O2. The lowest BCUT2D eigenvalue weighted by molar-refractivity contribution is 0.147. The topological polar surface area (TPSA) is 38.7 Å². The summed E-state index contributed by atoms with van der Waals surface area (Å²) in [6.07, 6.45) is 1.56. The quantitative estimate of drug-likeness (QED) is 0.917. The van der Waals surface area contributed by atoms with E-state index in [-0.39, 0.29) is 12.7 Å². The number of hydrogen-bond donors (Lipinski definition) is 1. The molecule has 0 saturated heterocycles. The van der Waals surface area contributed by atoms with Gasteiger partial charge in [-0.15, -0.1) is 0 Å². The fourth-order valence-corrected chi connectivity index (χ4v) is 2.70. The highest BCUT2D eigenvalue weighted by Crippen LogP contribution is 2.30. The van der Waals surface area contributed by atoms with Crippen LogP contribution in [0.2, 0.25) is 0 Å². The monoisotopic (exact) mass is 284 g/mol. The van der Waals surface area contributed by atoms with Crippen molar-refractivity contribution >= 4 is 0 Å². The molecule has 3 nitrogen and oxygen atoms in total. The third-order valence-corrected chi connectivity index (χ3v) is 3.74. The molecule has 1 aliphatic heterocycles. The molecule has 1 aliphatic rings. The van der Waals surface area contributed by atoms with Gasteiger partial charge in [0.15, 0.2) is 0 Å². The van der Waals surface area contributed by atoms with Gasteiger partial charge < -0.3 is 14.6 Å². The van der Waals surface area contributed by atoms with Gasteiger partial charge in [0.2, 0.25) is 0 Å². The number of fused-ring (bicyclic) bond motifs is 1. The second-order valence-corrected chi connectivity index (χ2v) is 5.45. The number of hydrogen-bond acceptors (Lipinski definition) is 3. The molecule has 1 atom stereocenters. The van der Waals surface area contributed by atoms with Crippen molar-refractivity contribution in [3.05, 3.63) is 59.2 Å². The Balaban J connectivity index is 1.62. The number of aliphatic hydroxyl groups excluding tert-OH is 1. The first-order valence-corrected chi connectivity index (χ1v) is 7.34. The van der Waals surface area contributed by atoms with Gasteiger partial charge in [0.25, 0.3) is 0 Å². The zero-order valence-electron chi connectivity index (χ0n) is 12.2. The van der Waals surface area contributed by atoms with E-state index in [1.807, 2.05) is 30.3 Å². The Morgan fingerprint density at radius 2 is 2.10 bits per heavy atom. The Labute approximate surface area is 125 Å². The van der Waals surface area contributed by atoms with Crippen LogP contribution in [0.25, 0.3) is 0 Å². The van der Waals surface area contributed by atoms with E-state index in [0.29, 0.717) is 13.0 Å². The molecule has 2 aromatic rings. The van der Waals surface area contributed by atoms with Crippen LogP contribution in [-0.4, -0.2) is 24.4 Å². The van der Waals surface area contributed by atoms with Crippen LogP contribution in [0.5, 0.6) is 11.5 Å². The van der Waals surface area contributed by atoms with Crippen molar-refractivity contribution in [2.75, 3.05) is 13.2 Å². The molecule has 0 radical (unpaired) electrons. The Kier molecular flexibility index (Phi) is 4.11. The molecule has 110 valence electrons. The van der Waals surface area contributed by atoms with Crippen LogP contribution in [0.4, 0.5) is 0 Å². The summed E-state index contributed by atoms with van der Waals surface area (Å²) in [6.45, 7) is 2.75. The summed E-state index contributed by atoms with van der Waals surface area (Å²) < 4.78 is 11.8. The highest BCUT2D eigenvalue weighted by molar-refractivity contribution is 5.40. The Morgan fingerprint density at radius 1 is 1.24 bits per heavy atom. The van der Waals surface area contributed by atoms with Gasteiger partial charge in [0, 0.05) is 13.0 Å². The van der Waals surface area contributed by atoms with Crippen LogP contribution >= 0.6 is 0 Å².